The number of hydrogen-bond acceptors (Lipinski definition) is 4. The fourth-order valence-electron chi connectivity index (χ4n) is 1.47. The Balaban J connectivity index is 2.57. The number of nitrogens with one attached hydrogen (secondary N) is 2. The van der Waals surface area contributed by atoms with Gasteiger partial charge in [0.25, 0.3) is 0 Å². The molecule has 0 heterocycles. The number of halogens is 1. The van der Waals surface area contributed by atoms with Gasteiger partial charge in [-0.3, -0.25) is 0 Å². The van der Waals surface area contributed by atoms with Crippen LogP contribution in [0.1, 0.15) is 11.1 Å². The minimum Gasteiger partial charge on any atom is -0.409 e. The van der Waals surface area contributed by atoms with Crippen molar-refractivity contribution in [2.75, 3.05) is 13.1 Å². The van der Waals surface area contributed by atoms with E-state index in [4.69, 9.17) is 16.7 Å². The third-order valence-corrected chi connectivity index (χ3v) is 2.38. The summed E-state index contributed by atoms with van der Waals surface area (Å²) in [4.78, 5) is 10.4. The molecule has 1 aromatic carbocycles. The van der Waals surface area contributed by atoms with Crippen molar-refractivity contribution in [2.24, 2.45) is 16.6 Å². The second kappa shape index (κ2) is 7.17. The van der Waals surface area contributed by atoms with Crippen molar-refractivity contribution in [1.29, 1.82) is 0 Å². The van der Waals surface area contributed by atoms with Crippen LogP contribution in [0.3, 0.4) is 0 Å². The van der Waals surface area contributed by atoms with E-state index < -0.39 is 11.8 Å². The molecule has 0 spiro atoms. The van der Waals surface area contributed by atoms with Crippen LogP contribution in [0.4, 0.5) is 9.18 Å². The van der Waals surface area contributed by atoms with Crippen molar-refractivity contribution < 1.29 is 14.4 Å². The van der Waals surface area contributed by atoms with Crippen LogP contribution in [0.2, 0.25) is 0 Å². The van der Waals surface area contributed by atoms with E-state index in [1.54, 1.807) is 12.1 Å². The Kier molecular flexibility index (Phi) is 5.55. The molecule has 7 N–H and O–H groups in total. The molecule has 19 heavy (non-hydrogen) atoms. The van der Waals surface area contributed by atoms with Crippen LogP contribution in [0.25, 0.3) is 0 Å². The number of amidine groups is 1. The molecule has 0 saturated heterocycles. The number of hydrogen-bond donors (Lipinski definition) is 5. The molecule has 0 aromatic heterocycles. The topological polar surface area (TPSA) is 126 Å². The lowest BCUT2D eigenvalue weighted by atomic mass is 10.1. The maximum atomic E-state index is 13.9. The molecule has 0 bridgehead atoms. The number of rotatable bonds is 6. The minimum atomic E-state index is -0.609. The number of carbonyl (C=O) groups is 1. The van der Waals surface area contributed by atoms with E-state index in [2.05, 4.69) is 15.8 Å². The van der Waals surface area contributed by atoms with Crippen LogP contribution in [0.5, 0.6) is 0 Å². The van der Waals surface area contributed by atoms with Gasteiger partial charge in [-0.15, -0.1) is 0 Å². The fraction of sp³-hybridized carbons (Fsp3) is 0.273. The number of oxime groups is 1. The summed E-state index contributed by atoms with van der Waals surface area (Å²) in [6.45, 7) is 1.03. The minimum absolute atomic E-state index is 0.0389. The number of nitrogens with zero attached hydrogens (tertiary/aromatic N) is 1. The van der Waals surface area contributed by atoms with Crippen molar-refractivity contribution in [1.82, 2.24) is 10.6 Å². The predicted octanol–water partition coefficient (Wildman–Crippen LogP) is -0.322. The van der Waals surface area contributed by atoms with Crippen LogP contribution >= 0.6 is 0 Å². The van der Waals surface area contributed by atoms with Gasteiger partial charge in [0, 0.05) is 25.2 Å². The molecular formula is C11H16FN5O2. The normalized spacial score (nSPS) is 11.3. The average molecular weight is 269 g/mol. The number of benzene rings is 1. The second-order valence-electron chi connectivity index (χ2n) is 3.73. The van der Waals surface area contributed by atoms with E-state index >= 15 is 0 Å². The lowest BCUT2D eigenvalue weighted by molar-refractivity contribution is 0.249. The first-order valence-electron chi connectivity index (χ1n) is 5.55. The van der Waals surface area contributed by atoms with Crippen LogP contribution in [-0.2, 0) is 6.54 Å². The van der Waals surface area contributed by atoms with E-state index in [0.717, 1.165) is 0 Å². The lowest BCUT2D eigenvalue weighted by Gasteiger charge is -2.09. The van der Waals surface area contributed by atoms with Gasteiger partial charge in [0.1, 0.15) is 5.82 Å². The summed E-state index contributed by atoms with van der Waals surface area (Å²) in [5.74, 6) is -0.831. The average Bonchev–Trinajstić information content (AvgIpc) is 2.39. The van der Waals surface area contributed by atoms with E-state index in [0.29, 0.717) is 18.7 Å². The first-order chi connectivity index (χ1) is 9.06. The van der Waals surface area contributed by atoms with Gasteiger partial charge in [0.15, 0.2) is 5.84 Å². The number of amides is 2. The van der Waals surface area contributed by atoms with Gasteiger partial charge in [-0.25, -0.2) is 9.18 Å². The summed E-state index contributed by atoms with van der Waals surface area (Å²) in [6, 6.07) is 4.00. The monoisotopic (exact) mass is 269 g/mol. The van der Waals surface area contributed by atoms with Gasteiger partial charge >= 0.3 is 6.03 Å². The molecular weight excluding hydrogens is 253 g/mol. The van der Waals surface area contributed by atoms with Gasteiger partial charge in [0.2, 0.25) is 0 Å². The van der Waals surface area contributed by atoms with Crippen LogP contribution < -0.4 is 22.1 Å². The maximum Gasteiger partial charge on any atom is 0.312 e. The zero-order valence-corrected chi connectivity index (χ0v) is 10.2. The Bertz CT molecular complexity index is 478. The van der Waals surface area contributed by atoms with E-state index in [-0.39, 0.29) is 17.9 Å². The first kappa shape index (κ1) is 14.7. The molecule has 1 rings (SSSR count). The lowest BCUT2D eigenvalue weighted by Crippen LogP contribution is -2.35. The van der Waals surface area contributed by atoms with Crippen molar-refractivity contribution in [3.8, 4) is 0 Å². The molecule has 0 aliphatic rings. The smallest absolute Gasteiger partial charge is 0.312 e. The zero-order chi connectivity index (χ0) is 14.3. The van der Waals surface area contributed by atoms with Crippen molar-refractivity contribution in [2.45, 2.75) is 6.54 Å². The molecule has 0 aliphatic carbocycles. The molecule has 2 amide bonds. The van der Waals surface area contributed by atoms with Gasteiger partial charge in [-0.05, 0) is 6.07 Å². The van der Waals surface area contributed by atoms with Crippen LogP contribution in [-0.4, -0.2) is 30.2 Å². The summed E-state index contributed by atoms with van der Waals surface area (Å²) in [7, 11) is 0. The summed E-state index contributed by atoms with van der Waals surface area (Å²) >= 11 is 0. The third kappa shape index (κ3) is 4.43. The Morgan fingerprint density at radius 2 is 2.11 bits per heavy atom. The number of primary amides is 1. The highest BCUT2D eigenvalue weighted by molar-refractivity contribution is 5.97. The molecule has 0 fully saturated rings. The Morgan fingerprint density at radius 3 is 2.74 bits per heavy atom. The van der Waals surface area contributed by atoms with Crippen molar-refractivity contribution in [3.63, 3.8) is 0 Å². The van der Waals surface area contributed by atoms with E-state index in [1.165, 1.54) is 6.07 Å². The van der Waals surface area contributed by atoms with Gasteiger partial charge in [0.05, 0.1) is 5.56 Å². The highest BCUT2D eigenvalue weighted by atomic mass is 19.1. The standard InChI is InChI=1S/C11H16FN5O2/c12-9-7(6-15-4-5-16-11(14)18)2-1-3-8(9)10(13)17-19/h1-3,15,19H,4-6H2,(H2,13,17)(H3,14,16,18). The highest BCUT2D eigenvalue weighted by Crippen LogP contribution is 2.12. The molecule has 0 saturated carbocycles. The Morgan fingerprint density at radius 1 is 1.37 bits per heavy atom. The highest BCUT2D eigenvalue weighted by Gasteiger charge is 2.10. The molecule has 104 valence electrons. The molecule has 0 unspecified atom stereocenters. The fourth-order valence-corrected chi connectivity index (χ4v) is 1.47. The quantitative estimate of drug-likeness (QED) is 0.159. The molecule has 0 aliphatic heterocycles. The molecule has 0 atom stereocenters. The molecule has 8 heteroatoms. The van der Waals surface area contributed by atoms with Crippen molar-refractivity contribution in [3.05, 3.63) is 35.1 Å². The molecule has 7 nitrogen and oxygen atoms in total. The second-order valence-corrected chi connectivity index (χ2v) is 3.73. The largest absolute Gasteiger partial charge is 0.409 e. The van der Waals surface area contributed by atoms with Crippen LogP contribution in [0.15, 0.2) is 23.4 Å². The first-order valence-corrected chi connectivity index (χ1v) is 5.55. The Labute approximate surface area is 109 Å². The number of urea groups is 1. The van der Waals surface area contributed by atoms with Gasteiger partial charge in [-0.2, -0.15) is 0 Å². The third-order valence-electron chi connectivity index (χ3n) is 2.38. The molecule has 0 radical (unpaired) electrons. The van der Waals surface area contributed by atoms with Gasteiger partial charge in [-0.1, -0.05) is 17.3 Å². The van der Waals surface area contributed by atoms with Crippen LogP contribution in [0, 0.1) is 5.82 Å². The van der Waals surface area contributed by atoms with Gasteiger partial charge < -0.3 is 27.3 Å². The van der Waals surface area contributed by atoms with Crippen molar-refractivity contribution >= 4 is 11.9 Å². The summed E-state index contributed by atoms with van der Waals surface area (Å²) < 4.78 is 13.9. The Hall–Kier alpha value is -2.35. The SMILES string of the molecule is NC(=O)NCCNCc1cccc(/C(N)=N/O)c1F. The summed E-state index contributed by atoms with van der Waals surface area (Å²) in [5, 5.41) is 16.6. The van der Waals surface area contributed by atoms with E-state index in [9.17, 15) is 9.18 Å². The zero-order valence-electron chi connectivity index (χ0n) is 10.2. The van der Waals surface area contributed by atoms with E-state index in [1.807, 2.05) is 0 Å². The number of nitrogens with two attached hydrogens (primary N) is 2. The summed E-state index contributed by atoms with van der Waals surface area (Å²) in [5.41, 5.74) is 10.7. The number of carbonyl (C=O) groups excluding carboxylic acids is 1. The molecule has 1 aromatic rings. The summed E-state index contributed by atoms with van der Waals surface area (Å²) in [6.07, 6.45) is 0. The maximum absolute atomic E-state index is 13.9. The predicted molar refractivity (Wildman–Crippen MR) is 68.2 cm³/mol.